The lowest BCUT2D eigenvalue weighted by atomic mass is 10.1. The highest BCUT2D eigenvalue weighted by molar-refractivity contribution is 5.85. The smallest absolute Gasteiger partial charge is 0.123 e. The van der Waals surface area contributed by atoms with E-state index < -0.39 is 0 Å². The van der Waals surface area contributed by atoms with E-state index in [1.165, 1.54) is 12.1 Å². The van der Waals surface area contributed by atoms with Crippen LogP contribution in [-0.2, 0) is 6.54 Å². The zero-order chi connectivity index (χ0) is 15.2. The molecule has 0 spiro atoms. The van der Waals surface area contributed by atoms with Gasteiger partial charge in [-0.15, -0.1) is 0 Å². The van der Waals surface area contributed by atoms with Gasteiger partial charge in [0.2, 0.25) is 0 Å². The Morgan fingerprint density at radius 1 is 1.29 bits per heavy atom. The topological polar surface area (TPSA) is 32.6 Å². The summed E-state index contributed by atoms with van der Waals surface area (Å²) in [5, 5.41) is 10.2. The average Bonchev–Trinajstić information content (AvgIpc) is 3.32. The second kappa shape index (κ2) is 7.02. The van der Waals surface area contributed by atoms with Gasteiger partial charge in [0.25, 0.3) is 0 Å². The van der Waals surface area contributed by atoms with Gasteiger partial charge in [-0.2, -0.15) is 0 Å². The molecule has 1 saturated carbocycles. The third-order valence-corrected chi connectivity index (χ3v) is 3.36. The fourth-order valence-electron chi connectivity index (χ4n) is 1.84. The molecule has 3 heteroatoms. The van der Waals surface area contributed by atoms with Gasteiger partial charge in [-0.3, -0.25) is 4.99 Å². The Hall–Kier alpha value is -2.16. The zero-order valence-electron chi connectivity index (χ0n) is 12.4. The molecular weight excluding hydrogens is 265 g/mol. The fourth-order valence-corrected chi connectivity index (χ4v) is 1.84. The van der Waals surface area contributed by atoms with Crippen LogP contribution < -0.4 is 0 Å². The first kappa shape index (κ1) is 15.2. The van der Waals surface area contributed by atoms with Crippen LogP contribution in [0.4, 0.5) is 4.39 Å². The van der Waals surface area contributed by atoms with E-state index in [1.54, 1.807) is 18.3 Å². The predicted octanol–water partition coefficient (Wildman–Crippen LogP) is 4.90. The van der Waals surface area contributed by atoms with Crippen molar-refractivity contribution in [3.8, 4) is 0 Å². The highest BCUT2D eigenvalue weighted by Gasteiger charge is 2.19. The minimum atomic E-state index is -0.247. The third kappa shape index (κ3) is 4.71. The maximum absolute atomic E-state index is 12.8. The molecule has 0 atom stereocenters. The molecule has 0 saturated heterocycles. The van der Waals surface area contributed by atoms with E-state index in [-0.39, 0.29) is 5.82 Å². The number of nitrogens with zero attached hydrogens (tertiary/aromatic N) is 1. The van der Waals surface area contributed by atoms with Gasteiger partial charge in [0, 0.05) is 11.8 Å². The molecule has 0 radical (unpaired) electrons. The summed E-state index contributed by atoms with van der Waals surface area (Å²) < 4.78 is 12.8. The van der Waals surface area contributed by atoms with Crippen LogP contribution in [-0.4, -0.2) is 11.3 Å². The number of hydrogen-bond donors (Lipinski definition) is 1. The number of aliphatic hydroxyl groups excluding tert-OH is 1. The van der Waals surface area contributed by atoms with Crippen LogP contribution >= 0.6 is 0 Å². The van der Waals surface area contributed by atoms with Crippen molar-refractivity contribution in [1.29, 1.82) is 0 Å². The predicted molar refractivity (Wildman–Crippen MR) is 85.0 cm³/mol. The van der Waals surface area contributed by atoms with Gasteiger partial charge in [-0.25, -0.2) is 4.39 Å². The number of allylic oxidation sites excluding steroid dienone is 5. The second-order valence-corrected chi connectivity index (χ2v) is 5.18. The molecule has 1 aliphatic rings. The number of aliphatic hydroxyl groups is 1. The molecule has 21 heavy (non-hydrogen) atoms. The Balaban J connectivity index is 2.11. The molecule has 0 aromatic heterocycles. The zero-order valence-corrected chi connectivity index (χ0v) is 12.4. The molecule has 1 aromatic rings. The highest BCUT2D eigenvalue weighted by atomic mass is 19.1. The summed E-state index contributed by atoms with van der Waals surface area (Å²) in [5.41, 5.74) is 3.83. The summed E-state index contributed by atoms with van der Waals surface area (Å²) in [5.74, 6) is 0.0992. The average molecular weight is 285 g/mol. The standard InChI is InChI=1S/C18H20FNO/c1-3-13(2)10-16(18(21)15-6-7-15)12-20-11-14-4-8-17(19)9-5-14/h3-5,8-10,12,21H,6-7,11H2,1-2H3/b13-3+,16-10+,20-12?. The van der Waals surface area contributed by atoms with Gasteiger partial charge < -0.3 is 5.11 Å². The molecule has 2 nitrogen and oxygen atoms in total. The normalized spacial score (nSPS) is 15.7. The Labute approximate surface area is 125 Å². The van der Waals surface area contributed by atoms with Gasteiger partial charge in [0.05, 0.1) is 6.54 Å². The van der Waals surface area contributed by atoms with E-state index in [0.717, 1.165) is 35.1 Å². The number of hydrogen-bond acceptors (Lipinski definition) is 2. The monoisotopic (exact) mass is 285 g/mol. The number of benzene rings is 1. The van der Waals surface area contributed by atoms with Crippen LogP contribution in [0.1, 0.15) is 32.3 Å². The number of rotatable bonds is 5. The molecule has 0 amide bonds. The van der Waals surface area contributed by atoms with Crippen molar-refractivity contribution in [3.63, 3.8) is 0 Å². The highest BCUT2D eigenvalue weighted by Crippen LogP contribution is 2.33. The van der Waals surface area contributed by atoms with E-state index in [9.17, 15) is 9.50 Å². The quantitative estimate of drug-likeness (QED) is 0.466. The fraction of sp³-hybridized carbons (Fsp3) is 0.278. The van der Waals surface area contributed by atoms with E-state index in [2.05, 4.69) is 4.99 Å². The Morgan fingerprint density at radius 3 is 2.52 bits per heavy atom. The second-order valence-electron chi connectivity index (χ2n) is 5.18. The first-order chi connectivity index (χ1) is 10.1. The van der Waals surface area contributed by atoms with Crippen molar-refractivity contribution in [3.05, 3.63) is 70.3 Å². The molecule has 1 aromatic carbocycles. The SMILES string of the molecule is C/C=C(C)/C=C(\C=NCc1ccc(F)cc1)C(O)=C1CC1. The maximum atomic E-state index is 12.8. The summed E-state index contributed by atoms with van der Waals surface area (Å²) in [4.78, 5) is 4.35. The molecule has 0 bridgehead atoms. The summed E-state index contributed by atoms with van der Waals surface area (Å²) in [7, 11) is 0. The first-order valence-electron chi connectivity index (χ1n) is 7.10. The van der Waals surface area contributed by atoms with Crippen molar-refractivity contribution in [2.45, 2.75) is 33.2 Å². The van der Waals surface area contributed by atoms with E-state index in [4.69, 9.17) is 0 Å². The Bertz CT molecular complexity index is 615. The summed E-state index contributed by atoms with van der Waals surface area (Å²) in [6, 6.07) is 6.28. The minimum absolute atomic E-state index is 0.247. The molecule has 2 rings (SSSR count). The summed E-state index contributed by atoms with van der Waals surface area (Å²) >= 11 is 0. The number of halogens is 1. The van der Waals surface area contributed by atoms with Crippen LogP contribution in [0.25, 0.3) is 0 Å². The molecule has 0 unspecified atom stereocenters. The molecule has 1 N–H and O–H groups in total. The van der Waals surface area contributed by atoms with Crippen LogP contribution in [0.15, 0.2) is 63.9 Å². The van der Waals surface area contributed by atoms with Crippen molar-refractivity contribution in [2.75, 3.05) is 0 Å². The molecule has 1 fully saturated rings. The van der Waals surface area contributed by atoms with Crippen LogP contribution in [0.5, 0.6) is 0 Å². The Morgan fingerprint density at radius 2 is 1.95 bits per heavy atom. The first-order valence-corrected chi connectivity index (χ1v) is 7.10. The summed E-state index contributed by atoms with van der Waals surface area (Å²) in [6.07, 6.45) is 7.53. The Kier molecular flexibility index (Phi) is 5.09. The lowest BCUT2D eigenvalue weighted by molar-refractivity contribution is 0.425. The van der Waals surface area contributed by atoms with Crippen LogP contribution in [0.2, 0.25) is 0 Å². The van der Waals surface area contributed by atoms with Gasteiger partial charge in [-0.1, -0.05) is 23.8 Å². The van der Waals surface area contributed by atoms with Crippen LogP contribution in [0, 0.1) is 5.82 Å². The van der Waals surface area contributed by atoms with E-state index >= 15 is 0 Å². The van der Waals surface area contributed by atoms with Crippen molar-refractivity contribution >= 4 is 6.21 Å². The molecule has 1 aliphatic carbocycles. The molecular formula is C18H20FNO. The lowest BCUT2D eigenvalue weighted by Crippen LogP contribution is -1.93. The van der Waals surface area contributed by atoms with Crippen LogP contribution in [0.3, 0.4) is 0 Å². The summed E-state index contributed by atoms with van der Waals surface area (Å²) in [6.45, 7) is 4.41. The van der Waals surface area contributed by atoms with Crippen molar-refractivity contribution in [1.82, 2.24) is 0 Å². The number of aliphatic imine (C=N–C) groups is 1. The van der Waals surface area contributed by atoms with Crippen molar-refractivity contribution in [2.24, 2.45) is 4.99 Å². The van der Waals surface area contributed by atoms with Gasteiger partial charge in [0.15, 0.2) is 0 Å². The lowest BCUT2D eigenvalue weighted by Gasteiger charge is -2.02. The van der Waals surface area contributed by atoms with Gasteiger partial charge in [-0.05, 0) is 56.0 Å². The molecule has 0 aliphatic heterocycles. The van der Waals surface area contributed by atoms with E-state index in [0.29, 0.717) is 12.3 Å². The largest absolute Gasteiger partial charge is 0.507 e. The molecule has 0 heterocycles. The van der Waals surface area contributed by atoms with Crippen molar-refractivity contribution < 1.29 is 9.50 Å². The maximum Gasteiger partial charge on any atom is 0.123 e. The van der Waals surface area contributed by atoms with E-state index in [1.807, 2.05) is 26.0 Å². The van der Waals surface area contributed by atoms with Gasteiger partial charge in [0.1, 0.15) is 11.6 Å². The minimum Gasteiger partial charge on any atom is -0.507 e. The molecule has 110 valence electrons. The third-order valence-electron chi connectivity index (χ3n) is 3.36. The van der Waals surface area contributed by atoms with Gasteiger partial charge >= 0.3 is 0 Å².